The third-order valence-electron chi connectivity index (χ3n) is 5.19. The summed E-state index contributed by atoms with van der Waals surface area (Å²) in [6.07, 6.45) is 1.43. The van der Waals surface area contributed by atoms with Crippen LogP contribution in [0.3, 0.4) is 0 Å². The fourth-order valence-corrected chi connectivity index (χ4v) is 3.91. The molecule has 0 radical (unpaired) electrons. The van der Waals surface area contributed by atoms with Crippen molar-refractivity contribution < 1.29 is 18.7 Å². The minimum atomic E-state index is -0.279. The number of furan rings is 1. The molecule has 2 aliphatic rings. The lowest BCUT2D eigenvalue weighted by molar-refractivity contribution is 0.0919. The van der Waals surface area contributed by atoms with Gasteiger partial charge >= 0.3 is 0 Å². The number of nitrogens with two attached hydrogens (primary N) is 1. The van der Waals surface area contributed by atoms with E-state index in [4.69, 9.17) is 31.8 Å². The van der Waals surface area contributed by atoms with Crippen LogP contribution in [0, 0.1) is 12.3 Å². The van der Waals surface area contributed by atoms with Crippen molar-refractivity contribution in [3.05, 3.63) is 46.4 Å². The van der Waals surface area contributed by atoms with E-state index >= 15 is 0 Å². The molecule has 1 aliphatic heterocycles. The molecule has 0 fully saturated rings. The monoisotopic (exact) mass is 428 g/mol. The topological polar surface area (TPSA) is 111 Å². The van der Waals surface area contributed by atoms with Crippen LogP contribution in [0.4, 0.5) is 0 Å². The third-order valence-corrected chi connectivity index (χ3v) is 5.28. The second kappa shape index (κ2) is 7.64. The molecule has 4 rings (SSSR count). The number of carbonyl (C=O) groups is 1. The highest BCUT2D eigenvalue weighted by Crippen LogP contribution is 2.39. The Bertz CT molecular complexity index is 1060. The Balaban J connectivity index is 1.56. The summed E-state index contributed by atoms with van der Waals surface area (Å²) in [5.74, 6) is 2.15. The van der Waals surface area contributed by atoms with Gasteiger partial charge in [0, 0.05) is 24.1 Å². The van der Waals surface area contributed by atoms with Crippen LogP contribution in [0.25, 0.3) is 0 Å². The Morgan fingerprint density at radius 2 is 2.03 bits per heavy atom. The smallest absolute Gasteiger partial charge is 0.287 e. The Kier molecular flexibility index (Phi) is 5.15. The molecule has 0 unspecified atom stereocenters. The van der Waals surface area contributed by atoms with Crippen molar-refractivity contribution in [2.75, 3.05) is 6.79 Å². The van der Waals surface area contributed by atoms with Crippen molar-refractivity contribution >= 4 is 28.9 Å². The molecule has 0 bridgehead atoms. The fourth-order valence-electron chi connectivity index (χ4n) is 3.86. The molecule has 2 heterocycles. The minimum absolute atomic E-state index is 0.0613. The molecule has 1 amide bonds. The zero-order chi connectivity index (χ0) is 21.5. The van der Waals surface area contributed by atoms with Gasteiger partial charge < -0.3 is 24.9 Å². The highest BCUT2D eigenvalue weighted by molar-refractivity contribution is 7.80. The summed E-state index contributed by atoms with van der Waals surface area (Å²) < 4.78 is 16.7. The molecular weight excluding hydrogens is 404 g/mol. The van der Waals surface area contributed by atoms with Crippen LogP contribution in [-0.2, 0) is 13.0 Å². The van der Waals surface area contributed by atoms with Crippen molar-refractivity contribution in [2.45, 2.75) is 40.2 Å². The molecule has 4 N–H and O–H groups in total. The van der Waals surface area contributed by atoms with E-state index in [1.807, 2.05) is 25.1 Å². The second-order valence-electron chi connectivity index (χ2n) is 8.28. The van der Waals surface area contributed by atoms with Crippen LogP contribution in [0.5, 0.6) is 11.5 Å². The van der Waals surface area contributed by atoms with E-state index in [0.717, 1.165) is 28.2 Å². The zero-order valence-electron chi connectivity index (χ0n) is 17.1. The second-order valence-corrected chi connectivity index (χ2v) is 8.72. The first-order valence-corrected chi connectivity index (χ1v) is 10.1. The van der Waals surface area contributed by atoms with Gasteiger partial charge in [0.1, 0.15) is 5.76 Å². The number of hydrazone groups is 1. The largest absolute Gasteiger partial charge is 0.455 e. The molecule has 0 spiro atoms. The van der Waals surface area contributed by atoms with Crippen molar-refractivity contribution in [3.8, 4) is 11.5 Å². The third kappa shape index (κ3) is 3.97. The molecule has 1 aliphatic carbocycles. The lowest BCUT2D eigenvalue weighted by atomic mass is 9.75. The minimum Gasteiger partial charge on any atom is -0.455 e. The summed E-state index contributed by atoms with van der Waals surface area (Å²) >= 11 is 4.87. The molecule has 9 heteroatoms. The Morgan fingerprint density at radius 1 is 1.27 bits per heavy atom. The summed E-state index contributed by atoms with van der Waals surface area (Å²) in [5, 5.41) is 7.37. The maximum Gasteiger partial charge on any atom is 0.287 e. The quantitative estimate of drug-likeness (QED) is 0.507. The number of nitrogens with zero attached hydrogens (tertiary/aromatic N) is 1. The molecule has 0 saturated heterocycles. The SMILES string of the molecule is Cc1c(C(=O)NCc2ccc3c(c2)OCO3)oc2c1/C(=N\NC(N)=S)CC(C)(C)C2. The Morgan fingerprint density at radius 3 is 2.80 bits per heavy atom. The summed E-state index contributed by atoms with van der Waals surface area (Å²) in [6.45, 7) is 6.68. The van der Waals surface area contributed by atoms with Crippen LogP contribution in [0.2, 0.25) is 0 Å². The number of thiocarbonyl (C=S) groups is 1. The number of nitrogens with one attached hydrogen (secondary N) is 2. The lowest BCUT2D eigenvalue weighted by Gasteiger charge is -2.29. The number of carbonyl (C=O) groups excluding carboxylic acids is 1. The van der Waals surface area contributed by atoms with Gasteiger partial charge in [-0.05, 0) is 48.7 Å². The first kappa shape index (κ1) is 20.2. The average Bonchev–Trinajstić information content (AvgIpc) is 3.27. The summed E-state index contributed by atoms with van der Waals surface area (Å²) in [6, 6.07) is 5.58. The lowest BCUT2D eigenvalue weighted by Crippen LogP contribution is -2.31. The molecular formula is C21H24N4O4S. The predicted octanol–water partition coefficient (Wildman–Crippen LogP) is 2.76. The molecule has 0 saturated carbocycles. The van der Waals surface area contributed by atoms with Crippen molar-refractivity contribution in [2.24, 2.45) is 16.3 Å². The summed E-state index contributed by atoms with van der Waals surface area (Å²) in [4.78, 5) is 12.9. The Labute approximate surface area is 179 Å². The summed E-state index contributed by atoms with van der Waals surface area (Å²) in [7, 11) is 0. The zero-order valence-corrected chi connectivity index (χ0v) is 17.9. The van der Waals surface area contributed by atoms with Gasteiger partial charge in [0.25, 0.3) is 5.91 Å². The molecule has 1 aromatic heterocycles. The number of hydrogen-bond donors (Lipinski definition) is 3. The standard InChI is InChI=1S/C21H24N4O4S/c1-11-17-13(24-25-20(22)30)7-21(2,3)8-16(17)29-18(11)19(26)23-9-12-4-5-14-15(6-12)28-10-27-14/h4-6H,7-10H2,1-3H3,(H,23,26)(H3,22,25,30)/b24-13-. The van der Waals surface area contributed by atoms with E-state index in [1.54, 1.807) is 0 Å². The van der Waals surface area contributed by atoms with Crippen LogP contribution in [0.1, 0.15) is 53.3 Å². The number of benzene rings is 1. The molecule has 30 heavy (non-hydrogen) atoms. The molecule has 0 atom stereocenters. The van der Waals surface area contributed by atoms with Gasteiger partial charge in [-0.15, -0.1) is 0 Å². The number of hydrogen-bond acceptors (Lipinski definition) is 6. The maximum absolute atomic E-state index is 12.9. The fraction of sp³-hybridized carbons (Fsp3) is 0.381. The van der Waals surface area contributed by atoms with Crippen LogP contribution < -0.4 is 25.9 Å². The predicted molar refractivity (Wildman–Crippen MR) is 116 cm³/mol. The molecule has 2 aromatic rings. The van der Waals surface area contributed by atoms with Gasteiger partial charge in [-0.25, -0.2) is 0 Å². The van der Waals surface area contributed by atoms with E-state index in [2.05, 4.69) is 29.7 Å². The normalized spacial score (nSPS) is 17.5. The molecule has 1 aromatic carbocycles. The van der Waals surface area contributed by atoms with Crippen LogP contribution in [-0.4, -0.2) is 23.5 Å². The van der Waals surface area contributed by atoms with E-state index in [9.17, 15) is 4.79 Å². The van der Waals surface area contributed by atoms with Gasteiger partial charge in [0.15, 0.2) is 22.4 Å². The van der Waals surface area contributed by atoms with E-state index in [1.165, 1.54) is 0 Å². The van der Waals surface area contributed by atoms with Crippen molar-refractivity contribution in [3.63, 3.8) is 0 Å². The molecule has 158 valence electrons. The number of fused-ring (bicyclic) bond motifs is 2. The van der Waals surface area contributed by atoms with E-state index in [-0.39, 0.29) is 23.2 Å². The van der Waals surface area contributed by atoms with Gasteiger partial charge in [0.2, 0.25) is 6.79 Å². The van der Waals surface area contributed by atoms with Gasteiger partial charge in [-0.2, -0.15) is 5.10 Å². The van der Waals surface area contributed by atoms with E-state index < -0.39 is 0 Å². The highest BCUT2D eigenvalue weighted by Gasteiger charge is 2.36. The van der Waals surface area contributed by atoms with Gasteiger partial charge in [-0.1, -0.05) is 19.9 Å². The van der Waals surface area contributed by atoms with Crippen LogP contribution >= 0.6 is 12.2 Å². The van der Waals surface area contributed by atoms with Gasteiger partial charge in [-0.3, -0.25) is 10.2 Å². The van der Waals surface area contributed by atoms with Crippen molar-refractivity contribution in [1.29, 1.82) is 0 Å². The maximum atomic E-state index is 12.9. The average molecular weight is 429 g/mol. The number of ether oxygens (including phenoxy) is 2. The highest BCUT2D eigenvalue weighted by atomic mass is 32.1. The Hall–Kier alpha value is -3.07. The first-order valence-electron chi connectivity index (χ1n) is 9.65. The summed E-state index contributed by atoms with van der Waals surface area (Å²) in [5.41, 5.74) is 11.4. The van der Waals surface area contributed by atoms with Gasteiger partial charge in [0.05, 0.1) is 5.71 Å². The first-order chi connectivity index (χ1) is 14.2. The number of rotatable bonds is 4. The molecule has 8 nitrogen and oxygen atoms in total. The van der Waals surface area contributed by atoms with E-state index in [0.29, 0.717) is 36.6 Å². The van der Waals surface area contributed by atoms with Crippen LogP contribution in [0.15, 0.2) is 27.7 Å². The van der Waals surface area contributed by atoms with Crippen molar-refractivity contribution in [1.82, 2.24) is 10.7 Å². The number of amides is 1.